The van der Waals surface area contributed by atoms with E-state index in [9.17, 15) is 4.79 Å². The van der Waals surface area contributed by atoms with Crippen molar-refractivity contribution in [3.05, 3.63) is 58.2 Å². The number of aromatic nitrogens is 1. The van der Waals surface area contributed by atoms with Crippen LogP contribution in [0.25, 0.3) is 6.08 Å². The van der Waals surface area contributed by atoms with Crippen LogP contribution in [0.5, 0.6) is 0 Å². The van der Waals surface area contributed by atoms with Crippen molar-refractivity contribution in [3.8, 4) is 0 Å². The molecule has 1 fully saturated rings. The van der Waals surface area contributed by atoms with E-state index < -0.39 is 0 Å². The third-order valence-electron chi connectivity index (χ3n) is 3.68. The van der Waals surface area contributed by atoms with E-state index in [1.807, 2.05) is 49.3 Å². The largest absolute Gasteiger partial charge is 0.378 e. The molecule has 1 saturated heterocycles. The third kappa shape index (κ3) is 3.86. The van der Waals surface area contributed by atoms with E-state index in [1.54, 1.807) is 19.3 Å². The lowest BCUT2D eigenvalue weighted by Gasteiger charge is -2.11. The quantitative estimate of drug-likeness (QED) is 0.763. The minimum absolute atomic E-state index is 0.0781. The SMILES string of the molecule is CN1C(=O)/C(=C/c2ccc(N(C)C)cc2)SC1=Nc1ccncc1Cl. The van der Waals surface area contributed by atoms with E-state index in [-0.39, 0.29) is 5.91 Å². The third-order valence-corrected chi connectivity index (χ3v) is 5.03. The van der Waals surface area contributed by atoms with Crippen molar-refractivity contribution in [1.29, 1.82) is 0 Å². The van der Waals surface area contributed by atoms with E-state index in [2.05, 4.69) is 9.98 Å². The molecule has 1 aromatic carbocycles. The zero-order valence-electron chi connectivity index (χ0n) is 14.1. The summed E-state index contributed by atoms with van der Waals surface area (Å²) in [5, 5.41) is 1.04. The first kappa shape index (κ1) is 17.5. The predicted molar refractivity (Wildman–Crippen MR) is 105 cm³/mol. The first-order valence-corrected chi connectivity index (χ1v) is 8.78. The molecule has 0 N–H and O–H groups in total. The summed E-state index contributed by atoms with van der Waals surface area (Å²) in [6, 6.07) is 9.74. The van der Waals surface area contributed by atoms with Gasteiger partial charge in [-0.2, -0.15) is 0 Å². The second kappa shape index (κ2) is 7.29. The summed E-state index contributed by atoms with van der Waals surface area (Å²) < 4.78 is 0. The highest BCUT2D eigenvalue weighted by molar-refractivity contribution is 8.18. The lowest BCUT2D eigenvalue weighted by molar-refractivity contribution is -0.121. The van der Waals surface area contributed by atoms with Crippen LogP contribution in [-0.2, 0) is 4.79 Å². The van der Waals surface area contributed by atoms with Crippen LogP contribution >= 0.6 is 23.4 Å². The molecule has 128 valence electrons. The first-order valence-electron chi connectivity index (χ1n) is 7.59. The van der Waals surface area contributed by atoms with Gasteiger partial charge in [0.25, 0.3) is 5.91 Å². The Labute approximate surface area is 156 Å². The van der Waals surface area contributed by atoms with Gasteiger partial charge >= 0.3 is 0 Å². The van der Waals surface area contributed by atoms with Crippen LogP contribution in [0.15, 0.2) is 52.6 Å². The number of nitrogens with zero attached hydrogens (tertiary/aromatic N) is 4. The maximum Gasteiger partial charge on any atom is 0.266 e. The molecule has 25 heavy (non-hydrogen) atoms. The monoisotopic (exact) mass is 372 g/mol. The van der Waals surface area contributed by atoms with Gasteiger partial charge in [-0.05, 0) is 41.6 Å². The second-order valence-corrected chi connectivity index (χ2v) is 7.10. The van der Waals surface area contributed by atoms with Gasteiger partial charge in [0.1, 0.15) is 0 Å². The van der Waals surface area contributed by atoms with Gasteiger partial charge in [-0.1, -0.05) is 23.7 Å². The number of amides is 1. The van der Waals surface area contributed by atoms with Crippen molar-refractivity contribution in [3.63, 3.8) is 0 Å². The summed E-state index contributed by atoms with van der Waals surface area (Å²) in [4.78, 5) is 25.1. The van der Waals surface area contributed by atoms with Crippen molar-refractivity contribution < 1.29 is 4.79 Å². The zero-order chi connectivity index (χ0) is 18.0. The number of carbonyl (C=O) groups excluding carboxylic acids is 1. The highest BCUT2D eigenvalue weighted by Crippen LogP contribution is 2.34. The Morgan fingerprint density at radius 2 is 1.96 bits per heavy atom. The number of benzene rings is 1. The Hall–Kier alpha value is -2.31. The second-order valence-electron chi connectivity index (χ2n) is 5.68. The van der Waals surface area contributed by atoms with Crippen molar-refractivity contribution in [2.75, 3.05) is 26.0 Å². The molecule has 0 spiro atoms. The maximum absolute atomic E-state index is 12.5. The van der Waals surface area contributed by atoms with Crippen molar-refractivity contribution in [2.45, 2.75) is 0 Å². The minimum atomic E-state index is -0.0781. The summed E-state index contributed by atoms with van der Waals surface area (Å²) >= 11 is 7.43. The fraction of sp³-hybridized carbons (Fsp3) is 0.167. The molecule has 2 heterocycles. The Bertz CT molecular complexity index is 862. The van der Waals surface area contributed by atoms with Gasteiger partial charge < -0.3 is 4.90 Å². The number of carbonyl (C=O) groups is 1. The van der Waals surface area contributed by atoms with E-state index >= 15 is 0 Å². The zero-order valence-corrected chi connectivity index (χ0v) is 15.7. The predicted octanol–water partition coefficient (Wildman–Crippen LogP) is 4.03. The number of thioether (sulfide) groups is 1. The molecule has 1 aliphatic heterocycles. The Morgan fingerprint density at radius 1 is 1.24 bits per heavy atom. The van der Waals surface area contributed by atoms with E-state index in [0.717, 1.165) is 11.3 Å². The molecule has 7 heteroatoms. The summed E-state index contributed by atoms with van der Waals surface area (Å²) in [7, 11) is 5.69. The van der Waals surface area contributed by atoms with Gasteiger partial charge in [-0.3, -0.25) is 14.7 Å². The van der Waals surface area contributed by atoms with Gasteiger partial charge in [-0.25, -0.2) is 4.99 Å². The van der Waals surface area contributed by atoms with E-state index in [0.29, 0.717) is 20.8 Å². The first-order chi connectivity index (χ1) is 12.0. The van der Waals surface area contributed by atoms with Crippen LogP contribution in [0, 0.1) is 0 Å². The molecule has 0 aliphatic carbocycles. The van der Waals surface area contributed by atoms with E-state index in [4.69, 9.17) is 11.6 Å². The number of hydrogen-bond acceptors (Lipinski definition) is 5. The molecule has 5 nitrogen and oxygen atoms in total. The number of anilines is 1. The number of pyridine rings is 1. The number of rotatable bonds is 3. The van der Waals surface area contributed by atoms with Crippen molar-refractivity contribution in [2.24, 2.45) is 4.99 Å². The van der Waals surface area contributed by atoms with Crippen LogP contribution in [0.1, 0.15) is 5.56 Å². The van der Waals surface area contributed by atoms with Crippen LogP contribution in [0.2, 0.25) is 5.02 Å². The molecule has 1 aromatic heterocycles. The fourth-order valence-electron chi connectivity index (χ4n) is 2.23. The Balaban J connectivity index is 1.87. The summed E-state index contributed by atoms with van der Waals surface area (Å²) in [5.74, 6) is -0.0781. The Kier molecular flexibility index (Phi) is 5.11. The molecule has 3 rings (SSSR count). The van der Waals surface area contributed by atoms with Gasteiger partial charge in [0.15, 0.2) is 5.17 Å². The number of hydrogen-bond donors (Lipinski definition) is 0. The summed E-state index contributed by atoms with van der Waals surface area (Å²) in [5.41, 5.74) is 2.67. The molecule has 0 saturated carbocycles. The molecule has 1 aliphatic rings. The summed E-state index contributed by atoms with van der Waals surface area (Å²) in [6.07, 6.45) is 5.03. The fourth-order valence-corrected chi connectivity index (χ4v) is 3.37. The van der Waals surface area contributed by atoms with Gasteiger partial charge in [-0.15, -0.1) is 0 Å². The number of likely N-dealkylation sites (N-methyl/N-ethyl adjacent to an activating group) is 1. The van der Waals surface area contributed by atoms with Crippen LogP contribution in [0.4, 0.5) is 11.4 Å². The molecule has 0 unspecified atom stereocenters. The lowest BCUT2D eigenvalue weighted by Crippen LogP contribution is -2.23. The standard InChI is InChI=1S/C18H17ClN4OS/c1-22(2)13-6-4-12(5-7-13)10-16-17(24)23(3)18(25-16)21-15-8-9-20-11-14(15)19/h4-11H,1-3H3/b16-10-,21-18?. The highest BCUT2D eigenvalue weighted by Gasteiger charge is 2.30. The molecule has 2 aromatic rings. The maximum atomic E-state index is 12.5. The van der Waals surface area contributed by atoms with Gasteiger partial charge in [0.2, 0.25) is 0 Å². The number of amidine groups is 1. The van der Waals surface area contributed by atoms with E-state index in [1.165, 1.54) is 22.9 Å². The topological polar surface area (TPSA) is 48.8 Å². The molecule has 0 atom stereocenters. The molecule has 1 amide bonds. The molecular weight excluding hydrogens is 356 g/mol. The number of halogens is 1. The lowest BCUT2D eigenvalue weighted by atomic mass is 10.2. The van der Waals surface area contributed by atoms with Crippen molar-refractivity contribution in [1.82, 2.24) is 9.88 Å². The van der Waals surface area contributed by atoms with Crippen molar-refractivity contribution >= 4 is 51.9 Å². The summed E-state index contributed by atoms with van der Waals surface area (Å²) in [6.45, 7) is 0. The molecular formula is C18H17ClN4OS. The number of aliphatic imine (C=N–C) groups is 1. The van der Waals surface area contributed by atoms with Crippen LogP contribution in [0.3, 0.4) is 0 Å². The molecule has 0 bridgehead atoms. The normalized spacial score (nSPS) is 17.6. The highest BCUT2D eigenvalue weighted by atomic mass is 35.5. The molecule has 0 radical (unpaired) electrons. The van der Waals surface area contributed by atoms with Crippen LogP contribution < -0.4 is 4.90 Å². The average Bonchev–Trinajstić information content (AvgIpc) is 2.85. The Morgan fingerprint density at radius 3 is 2.60 bits per heavy atom. The van der Waals surface area contributed by atoms with Gasteiger partial charge in [0.05, 0.1) is 15.6 Å². The van der Waals surface area contributed by atoms with Crippen LogP contribution in [-0.4, -0.2) is 42.1 Å². The van der Waals surface area contributed by atoms with Gasteiger partial charge in [0, 0.05) is 39.2 Å². The average molecular weight is 373 g/mol. The smallest absolute Gasteiger partial charge is 0.266 e. The minimum Gasteiger partial charge on any atom is -0.378 e.